The summed E-state index contributed by atoms with van der Waals surface area (Å²) in [6.07, 6.45) is 1.70. The standard InChI is InChI=1S/C15H19N3/c1-11-5-4-6-13(7-11)10-18(3)15-12(2)8-14(16)9-17-15/h4-9H,10,16H2,1-3H3. The molecule has 1 aromatic heterocycles. The second-order valence-corrected chi connectivity index (χ2v) is 4.75. The number of nitrogens with two attached hydrogens (primary N) is 1. The van der Waals surface area contributed by atoms with E-state index in [1.807, 2.05) is 20.0 Å². The van der Waals surface area contributed by atoms with Crippen LogP contribution in [0.1, 0.15) is 16.7 Å². The van der Waals surface area contributed by atoms with Gasteiger partial charge in [-0.3, -0.25) is 0 Å². The molecule has 1 heterocycles. The molecule has 3 heteroatoms. The Bertz CT molecular complexity index is 549. The molecule has 0 radical (unpaired) electrons. The average Bonchev–Trinajstić information content (AvgIpc) is 2.28. The Kier molecular flexibility index (Phi) is 3.51. The highest BCUT2D eigenvalue weighted by atomic mass is 15.2. The molecule has 0 saturated carbocycles. The minimum atomic E-state index is 0.709. The Labute approximate surface area is 108 Å². The van der Waals surface area contributed by atoms with E-state index in [4.69, 9.17) is 5.73 Å². The molecule has 0 bridgehead atoms. The number of pyridine rings is 1. The maximum absolute atomic E-state index is 5.72. The number of aryl methyl sites for hydroxylation is 2. The predicted octanol–water partition coefficient (Wildman–Crippen LogP) is 2.92. The SMILES string of the molecule is Cc1cccc(CN(C)c2ncc(N)cc2C)c1. The number of hydrogen-bond acceptors (Lipinski definition) is 3. The third kappa shape index (κ3) is 2.80. The van der Waals surface area contributed by atoms with Crippen molar-refractivity contribution in [3.8, 4) is 0 Å². The lowest BCUT2D eigenvalue weighted by molar-refractivity contribution is 0.890. The van der Waals surface area contributed by atoms with Crippen molar-refractivity contribution >= 4 is 11.5 Å². The molecule has 0 amide bonds. The molecule has 0 aliphatic rings. The minimum Gasteiger partial charge on any atom is -0.397 e. The number of aromatic nitrogens is 1. The fourth-order valence-electron chi connectivity index (χ4n) is 2.15. The highest BCUT2D eigenvalue weighted by molar-refractivity contribution is 5.52. The van der Waals surface area contributed by atoms with E-state index < -0.39 is 0 Å². The summed E-state index contributed by atoms with van der Waals surface area (Å²) in [5.74, 6) is 0.978. The van der Waals surface area contributed by atoms with Crippen molar-refractivity contribution in [3.05, 3.63) is 53.2 Å². The zero-order valence-electron chi connectivity index (χ0n) is 11.1. The maximum Gasteiger partial charge on any atom is 0.131 e. The van der Waals surface area contributed by atoms with Gasteiger partial charge in [0.15, 0.2) is 0 Å². The topological polar surface area (TPSA) is 42.2 Å². The first kappa shape index (κ1) is 12.4. The first-order valence-electron chi connectivity index (χ1n) is 6.05. The summed E-state index contributed by atoms with van der Waals surface area (Å²) in [6.45, 7) is 4.99. The van der Waals surface area contributed by atoms with Crippen LogP contribution in [0.5, 0.6) is 0 Å². The van der Waals surface area contributed by atoms with E-state index in [9.17, 15) is 0 Å². The third-order valence-electron chi connectivity index (χ3n) is 2.94. The van der Waals surface area contributed by atoms with Gasteiger partial charge >= 0.3 is 0 Å². The van der Waals surface area contributed by atoms with Crippen molar-refractivity contribution in [1.29, 1.82) is 0 Å². The molecule has 2 N–H and O–H groups in total. The Hall–Kier alpha value is -2.03. The average molecular weight is 241 g/mol. The van der Waals surface area contributed by atoms with Crippen LogP contribution in [-0.4, -0.2) is 12.0 Å². The Morgan fingerprint density at radius 2 is 2.00 bits per heavy atom. The zero-order chi connectivity index (χ0) is 13.1. The lowest BCUT2D eigenvalue weighted by atomic mass is 10.1. The minimum absolute atomic E-state index is 0.709. The van der Waals surface area contributed by atoms with Crippen molar-refractivity contribution in [2.75, 3.05) is 17.7 Å². The molecule has 0 aliphatic carbocycles. The molecule has 0 aliphatic heterocycles. The van der Waals surface area contributed by atoms with Crippen molar-refractivity contribution in [1.82, 2.24) is 4.98 Å². The monoisotopic (exact) mass is 241 g/mol. The van der Waals surface area contributed by atoms with Crippen LogP contribution in [0.25, 0.3) is 0 Å². The van der Waals surface area contributed by atoms with Crippen LogP contribution in [-0.2, 0) is 6.54 Å². The van der Waals surface area contributed by atoms with Gasteiger partial charge in [-0.15, -0.1) is 0 Å². The van der Waals surface area contributed by atoms with E-state index in [1.54, 1.807) is 6.20 Å². The molecule has 0 unspecified atom stereocenters. The van der Waals surface area contributed by atoms with Gasteiger partial charge in [-0.1, -0.05) is 29.8 Å². The maximum atomic E-state index is 5.72. The Balaban J connectivity index is 2.19. The molecule has 0 atom stereocenters. The van der Waals surface area contributed by atoms with E-state index in [2.05, 4.69) is 41.1 Å². The van der Waals surface area contributed by atoms with Crippen molar-refractivity contribution in [2.24, 2.45) is 0 Å². The third-order valence-corrected chi connectivity index (χ3v) is 2.94. The largest absolute Gasteiger partial charge is 0.397 e. The van der Waals surface area contributed by atoms with Gasteiger partial charge in [-0.25, -0.2) is 4.98 Å². The van der Waals surface area contributed by atoms with Gasteiger partial charge in [0.25, 0.3) is 0 Å². The van der Waals surface area contributed by atoms with E-state index in [-0.39, 0.29) is 0 Å². The fourth-order valence-corrected chi connectivity index (χ4v) is 2.15. The molecule has 2 rings (SSSR count). The molecule has 0 spiro atoms. The van der Waals surface area contributed by atoms with E-state index in [1.165, 1.54) is 11.1 Å². The van der Waals surface area contributed by atoms with Crippen molar-refractivity contribution in [2.45, 2.75) is 20.4 Å². The van der Waals surface area contributed by atoms with Gasteiger partial charge in [-0.05, 0) is 31.0 Å². The second kappa shape index (κ2) is 5.08. The van der Waals surface area contributed by atoms with Crippen LogP contribution in [0, 0.1) is 13.8 Å². The predicted molar refractivity (Wildman–Crippen MR) is 76.7 cm³/mol. The Morgan fingerprint density at radius 3 is 2.67 bits per heavy atom. The van der Waals surface area contributed by atoms with Crippen LogP contribution in [0.15, 0.2) is 36.5 Å². The van der Waals surface area contributed by atoms with Crippen LogP contribution in [0.3, 0.4) is 0 Å². The van der Waals surface area contributed by atoms with Gasteiger partial charge in [0.05, 0.1) is 11.9 Å². The molecule has 1 aromatic carbocycles. The number of benzene rings is 1. The van der Waals surface area contributed by atoms with E-state index in [0.717, 1.165) is 17.9 Å². The summed E-state index contributed by atoms with van der Waals surface area (Å²) < 4.78 is 0. The summed E-state index contributed by atoms with van der Waals surface area (Å²) in [4.78, 5) is 6.54. The molecule has 94 valence electrons. The van der Waals surface area contributed by atoms with Crippen LogP contribution in [0.4, 0.5) is 11.5 Å². The molecule has 18 heavy (non-hydrogen) atoms. The number of hydrogen-bond donors (Lipinski definition) is 1. The van der Waals surface area contributed by atoms with Crippen LogP contribution < -0.4 is 10.6 Å². The van der Waals surface area contributed by atoms with Crippen molar-refractivity contribution < 1.29 is 0 Å². The number of nitrogen functional groups attached to an aromatic ring is 1. The van der Waals surface area contributed by atoms with Crippen LogP contribution in [0.2, 0.25) is 0 Å². The normalized spacial score (nSPS) is 10.4. The number of nitrogens with zero attached hydrogens (tertiary/aromatic N) is 2. The summed E-state index contributed by atoms with van der Waals surface area (Å²) in [5, 5.41) is 0. The van der Waals surface area contributed by atoms with Gasteiger partial charge in [-0.2, -0.15) is 0 Å². The number of rotatable bonds is 3. The van der Waals surface area contributed by atoms with Crippen LogP contribution >= 0.6 is 0 Å². The molecule has 0 fully saturated rings. The second-order valence-electron chi connectivity index (χ2n) is 4.75. The summed E-state index contributed by atoms with van der Waals surface area (Å²) >= 11 is 0. The summed E-state index contributed by atoms with van der Waals surface area (Å²) in [6, 6.07) is 10.5. The molecule has 0 saturated heterocycles. The highest BCUT2D eigenvalue weighted by Gasteiger charge is 2.07. The van der Waals surface area contributed by atoms with Gasteiger partial charge < -0.3 is 10.6 Å². The summed E-state index contributed by atoms with van der Waals surface area (Å²) in [5.41, 5.74) is 10.1. The zero-order valence-corrected chi connectivity index (χ0v) is 11.1. The first-order chi connectivity index (χ1) is 8.56. The summed E-state index contributed by atoms with van der Waals surface area (Å²) in [7, 11) is 2.05. The lowest BCUT2D eigenvalue weighted by Gasteiger charge is -2.20. The first-order valence-corrected chi connectivity index (χ1v) is 6.05. The molecular formula is C15H19N3. The lowest BCUT2D eigenvalue weighted by Crippen LogP contribution is -2.19. The molecule has 2 aromatic rings. The quantitative estimate of drug-likeness (QED) is 0.898. The van der Waals surface area contributed by atoms with Gasteiger partial charge in [0, 0.05) is 13.6 Å². The molecule has 3 nitrogen and oxygen atoms in total. The van der Waals surface area contributed by atoms with Crippen molar-refractivity contribution in [3.63, 3.8) is 0 Å². The van der Waals surface area contributed by atoms with E-state index >= 15 is 0 Å². The Morgan fingerprint density at radius 1 is 1.22 bits per heavy atom. The highest BCUT2D eigenvalue weighted by Crippen LogP contribution is 2.19. The van der Waals surface area contributed by atoms with Gasteiger partial charge in [0.1, 0.15) is 5.82 Å². The van der Waals surface area contributed by atoms with E-state index in [0.29, 0.717) is 5.69 Å². The van der Waals surface area contributed by atoms with Gasteiger partial charge in [0.2, 0.25) is 0 Å². The fraction of sp³-hybridized carbons (Fsp3) is 0.267. The molecular weight excluding hydrogens is 222 g/mol. The number of anilines is 2. The smallest absolute Gasteiger partial charge is 0.131 e.